The lowest BCUT2D eigenvalue weighted by Gasteiger charge is -2.11. The molecule has 1 amide bonds. The Labute approximate surface area is 165 Å². The highest BCUT2D eigenvalue weighted by molar-refractivity contribution is 9.10. The van der Waals surface area contributed by atoms with Crippen molar-refractivity contribution in [3.63, 3.8) is 0 Å². The average molecular weight is 458 g/mol. The van der Waals surface area contributed by atoms with Gasteiger partial charge in [0.2, 0.25) is 5.88 Å². The monoisotopic (exact) mass is 457 g/mol. The van der Waals surface area contributed by atoms with Crippen LogP contribution in [-0.2, 0) is 7.05 Å². The number of alkyl halides is 3. The van der Waals surface area contributed by atoms with Gasteiger partial charge in [0.1, 0.15) is 17.9 Å². The lowest BCUT2D eigenvalue weighted by Crippen LogP contribution is -2.34. The number of methoxy groups -OCH3 is 1. The second-order valence-corrected chi connectivity index (χ2v) is 6.77. The van der Waals surface area contributed by atoms with Crippen LogP contribution in [0.1, 0.15) is 10.4 Å². The molecular weight excluding hydrogens is 443 g/mol. The molecular formula is C17H15BrF3N5O2. The molecule has 0 spiro atoms. The van der Waals surface area contributed by atoms with Crippen molar-refractivity contribution >= 4 is 38.6 Å². The van der Waals surface area contributed by atoms with E-state index in [1.54, 1.807) is 17.7 Å². The molecule has 0 saturated heterocycles. The van der Waals surface area contributed by atoms with E-state index >= 15 is 0 Å². The van der Waals surface area contributed by atoms with Gasteiger partial charge in [-0.25, -0.2) is 9.97 Å². The van der Waals surface area contributed by atoms with Crippen LogP contribution in [0.3, 0.4) is 0 Å². The molecule has 3 aromatic heterocycles. The number of nitrogens with zero attached hydrogens (tertiary/aromatic N) is 3. The number of aryl methyl sites for hydroxylation is 1. The third-order valence-electron chi connectivity index (χ3n) is 4.00. The Morgan fingerprint density at radius 1 is 1.39 bits per heavy atom. The summed E-state index contributed by atoms with van der Waals surface area (Å²) in [5.41, 5.74) is 7.80. The lowest BCUT2D eigenvalue weighted by molar-refractivity contribution is -0.123. The summed E-state index contributed by atoms with van der Waals surface area (Å²) >= 11 is 3.43. The number of fused-ring (bicyclic) bond motifs is 1. The predicted molar refractivity (Wildman–Crippen MR) is 101 cm³/mol. The summed E-state index contributed by atoms with van der Waals surface area (Å²) in [6.45, 7) is -1.45. The maximum Gasteiger partial charge on any atom is 0.405 e. The minimum absolute atomic E-state index is 0.101. The minimum atomic E-state index is -4.52. The van der Waals surface area contributed by atoms with E-state index < -0.39 is 18.6 Å². The minimum Gasteiger partial charge on any atom is -0.480 e. The number of nitrogens with one attached hydrogen (secondary N) is 1. The second kappa shape index (κ2) is 7.30. The molecule has 0 saturated carbocycles. The van der Waals surface area contributed by atoms with E-state index in [9.17, 15) is 18.0 Å². The Kier molecular flexibility index (Phi) is 5.20. The van der Waals surface area contributed by atoms with E-state index in [-0.39, 0.29) is 11.4 Å². The number of hydrogen-bond acceptors (Lipinski definition) is 5. The van der Waals surface area contributed by atoms with Gasteiger partial charge in [0.15, 0.2) is 0 Å². The maximum absolute atomic E-state index is 12.3. The molecule has 0 aliphatic rings. The Balaban J connectivity index is 2.05. The van der Waals surface area contributed by atoms with Gasteiger partial charge in [0.25, 0.3) is 5.91 Å². The van der Waals surface area contributed by atoms with Gasteiger partial charge >= 0.3 is 6.18 Å². The molecule has 148 valence electrons. The fourth-order valence-electron chi connectivity index (χ4n) is 2.81. The first-order valence-electron chi connectivity index (χ1n) is 7.91. The summed E-state index contributed by atoms with van der Waals surface area (Å²) < 4.78 is 44.7. The molecule has 0 unspecified atom stereocenters. The lowest BCUT2D eigenvalue weighted by atomic mass is 10.1. The van der Waals surface area contributed by atoms with Crippen molar-refractivity contribution in [3.05, 3.63) is 34.6 Å². The zero-order chi connectivity index (χ0) is 20.6. The molecule has 3 aromatic rings. The van der Waals surface area contributed by atoms with E-state index in [0.29, 0.717) is 22.5 Å². The van der Waals surface area contributed by atoms with Crippen LogP contribution in [0, 0.1) is 0 Å². The Bertz CT molecular complexity index is 1070. The molecule has 0 radical (unpaired) electrons. The van der Waals surface area contributed by atoms with Crippen molar-refractivity contribution in [2.45, 2.75) is 6.18 Å². The zero-order valence-corrected chi connectivity index (χ0v) is 16.3. The first-order chi connectivity index (χ1) is 13.1. The van der Waals surface area contributed by atoms with Gasteiger partial charge in [0.05, 0.1) is 28.2 Å². The van der Waals surface area contributed by atoms with Crippen LogP contribution in [0.5, 0.6) is 5.88 Å². The van der Waals surface area contributed by atoms with Gasteiger partial charge in [0, 0.05) is 25.0 Å². The number of pyridine rings is 2. The van der Waals surface area contributed by atoms with Crippen LogP contribution in [0.2, 0.25) is 0 Å². The third kappa shape index (κ3) is 3.75. The summed E-state index contributed by atoms with van der Waals surface area (Å²) in [4.78, 5) is 20.5. The van der Waals surface area contributed by atoms with E-state index in [1.807, 2.05) is 11.6 Å². The molecule has 0 fully saturated rings. The molecule has 7 nitrogen and oxygen atoms in total. The van der Waals surface area contributed by atoms with Gasteiger partial charge in [-0.2, -0.15) is 13.2 Å². The predicted octanol–water partition coefficient (Wildman–Crippen LogP) is 3.28. The molecule has 0 aliphatic carbocycles. The number of nitrogens with two attached hydrogens (primary N) is 1. The standard InChI is InChI=1S/C17H15BrF3N5O2/c1-26-6-9(12-13(26)10(18)5-23-14(12)22)11-4-3-8(16(25-11)28-2)15(27)24-7-17(19,20)21/h3-6H,7H2,1-2H3,(H2,22,23)(H,24,27). The van der Waals surface area contributed by atoms with Crippen molar-refractivity contribution in [3.8, 4) is 17.1 Å². The largest absolute Gasteiger partial charge is 0.480 e. The number of rotatable bonds is 4. The molecule has 3 N–H and O–H groups in total. The Morgan fingerprint density at radius 2 is 2.11 bits per heavy atom. The highest BCUT2D eigenvalue weighted by Crippen LogP contribution is 2.36. The number of ether oxygens (including phenoxy) is 1. The fourth-order valence-corrected chi connectivity index (χ4v) is 3.39. The van der Waals surface area contributed by atoms with Gasteiger partial charge in [-0.15, -0.1) is 0 Å². The van der Waals surface area contributed by atoms with Crippen LogP contribution in [0.4, 0.5) is 19.0 Å². The number of halogens is 4. The van der Waals surface area contributed by atoms with E-state index in [0.717, 1.165) is 9.99 Å². The van der Waals surface area contributed by atoms with Crippen LogP contribution >= 0.6 is 15.9 Å². The molecule has 28 heavy (non-hydrogen) atoms. The molecule has 3 heterocycles. The molecule has 0 aromatic carbocycles. The van der Waals surface area contributed by atoms with Gasteiger partial charge in [-0.1, -0.05) is 0 Å². The Morgan fingerprint density at radius 3 is 2.75 bits per heavy atom. The van der Waals surface area contributed by atoms with Crippen molar-refractivity contribution in [1.82, 2.24) is 19.9 Å². The summed E-state index contributed by atoms with van der Waals surface area (Å²) in [6, 6.07) is 2.87. The number of carbonyl (C=O) groups is 1. The fraction of sp³-hybridized carbons (Fsp3) is 0.235. The average Bonchev–Trinajstić information content (AvgIpc) is 3.00. The quantitative estimate of drug-likeness (QED) is 0.626. The van der Waals surface area contributed by atoms with Crippen molar-refractivity contribution in [2.75, 3.05) is 19.4 Å². The molecule has 0 bridgehead atoms. The number of carbonyl (C=O) groups excluding carboxylic acids is 1. The van der Waals surface area contributed by atoms with Crippen molar-refractivity contribution in [2.24, 2.45) is 7.05 Å². The summed E-state index contributed by atoms with van der Waals surface area (Å²) in [6.07, 6.45) is -1.14. The normalized spacial score (nSPS) is 11.6. The molecule has 0 aliphatic heterocycles. The second-order valence-electron chi connectivity index (χ2n) is 5.92. The smallest absolute Gasteiger partial charge is 0.405 e. The molecule has 11 heteroatoms. The van der Waals surface area contributed by atoms with Crippen LogP contribution in [-0.4, -0.2) is 40.3 Å². The van der Waals surface area contributed by atoms with Crippen molar-refractivity contribution < 1.29 is 22.7 Å². The van der Waals surface area contributed by atoms with E-state index in [2.05, 4.69) is 25.9 Å². The summed E-state index contributed by atoms with van der Waals surface area (Å²) in [7, 11) is 3.11. The van der Waals surface area contributed by atoms with Crippen LogP contribution < -0.4 is 15.8 Å². The van der Waals surface area contributed by atoms with Crippen LogP contribution in [0.15, 0.2) is 29.0 Å². The summed E-state index contributed by atoms with van der Waals surface area (Å²) in [5.74, 6) is -0.743. The molecule has 0 atom stereocenters. The topological polar surface area (TPSA) is 95.1 Å². The highest BCUT2D eigenvalue weighted by atomic mass is 79.9. The number of hydrogen-bond donors (Lipinski definition) is 2. The Hall–Kier alpha value is -2.82. The van der Waals surface area contributed by atoms with Crippen molar-refractivity contribution in [1.29, 1.82) is 0 Å². The first-order valence-corrected chi connectivity index (χ1v) is 8.71. The molecule has 3 rings (SSSR count). The SMILES string of the molecule is COc1nc(-c2cn(C)c3c(Br)cnc(N)c23)ccc1C(=O)NCC(F)(F)F. The van der Waals surface area contributed by atoms with E-state index in [1.165, 1.54) is 19.2 Å². The van der Waals surface area contributed by atoms with E-state index in [4.69, 9.17) is 10.5 Å². The maximum atomic E-state index is 12.3. The van der Waals surface area contributed by atoms with Gasteiger partial charge < -0.3 is 20.4 Å². The van der Waals surface area contributed by atoms with Gasteiger partial charge in [-0.3, -0.25) is 4.79 Å². The highest BCUT2D eigenvalue weighted by Gasteiger charge is 2.29. The van der Waals surface area contributed by atoms with Gasteiger partial charge in [-0.05, 0) is 28.1 Å². The summed E-state index contributed by atoms with van der Waals surface area (Å²) in [5, 5.41) is 2.45. The zero-order valence-electron chi connectivity index (χ0n) is 14.8. The number of aromatic nitrogens is 3. The number of nitrogen functional groups attached to an aromatic ring is 1. The van der Waals surface area contributed by atoms with Crippen LogP contribution in [0.25, 0.3) is 22.2 Å². The number of anilines is 1. The third-order valence-corrected chi connectivity index (χ3v) is 4.58. The number of amides is 1. The first kappa shape index (κ1) is 19.9.